The highest BCUT2D eigenvalue weighted by Crippen LogP contribution is 2.66. The van der Waals surface area contributed by atoms with E-state index in [0.717, 1.165) is 18.8 Å². The van der Waals surface area contributed by atoms with Gasteiger partial charge >= 0.3 is 0 Å². The highest BCUT2D eigenvalue weighted by Gasteiger charge is 2.59. The van der Waals surface area contributed by atoms with Gasteiger partial charge in [-0.2, -0.15) is 0 Å². The molecule has 3 fully saturated rings. The van der Waals surface area contributed by atoms with E-state index in [1.165, 1.54) is 44.9 Å². The third-order valence-electron chi connectivity index (χ3n) is 9.39. The molecule has 0 aromatic heterocycles. The lowest BCUT2D eigenvalue weighted by atomic mass is 9.47. The van der Waals surface area contributed by atoms with E-state index in [-0.39, 0.29) is 5.41 Å². The minimum atomic E-state index is 0.243. The summed E-state index contributed by atoms with van der Waals surface area (Å²) in [6.07, 6.45) is 13.4. The van der Waals surface area contributed by atoms with E-state index in [4.69, 9.17) is 0 Å². The largest absolute Gasteiger partial charge is 0.295 e. The molecule has 0 aromatic rings. The molecule has 4 aliphatic carbocycles. The molecule has 1 heteroatoms. The van der Waals surface area contributed by atoms with Crippen LogP contribution in [0.25, 0.3) is 0 Å². The first kappa shape index (κ1) is 20.3. The van der Waals surface area contributed by atoms with E-state index in [9.17, 15) is 4.79 Å². The molecule has 28 heavy (non-hydrogen) atoms. The first-order chi connectivity index (χ1) is 13.3. The van der Waals surface area contributed by atoms with Gasteiger partial charge in [0.2, 0.25) is 0 Å². The summed E-state index contributed by atoms with van der Waals surface area (Å²) < 4.78 is 0. The van der Waals surface area contributed by atoms with Crippen LogP contribution in [0.5, 0.6) is 0 Å². The second-order valence-corrected chi connectivity index (χ2v) is 11.3. The van der Waals surface area contributed by atoms with Gasteiger partial charge in [-0.1, -0.05) is 53.0 Å². The van der Waals surface area contributed by atoms with Crippen molar-refractivity contribution >= 4 is 5.78 Å². The van der Waals surface area contributed by atoms with Crippen LogP contribution in [0.1, 0.15) is 92.4 Å². The molecule has 0 N–H and O–H groups in total. The minimum Gasteiger partial charge on any atom is -0.295 e. The van der Waals surface area contributed by atoms with Crippen LogP contribution >= 0.6 is 0 Å². The molecule has 1 nitrogen and oxygen atoms in total. The van der Waals surface area contributed by atoms with Crippen molar-refractivity contribution in [3.63, 3.8) is 0 Å². The van der Waals surface area contributed by atoms with Crippen molar-refractivity contribution in [3.8, 4) is 11.8 Å². The van der Waals surface area contributed by atoms with Gasteiger partial charge in [-0.3, -0.25) is 4.79 Å². The number of carbonyl (C=O) groups excluding carboxylic acids is 1. The van der Waals surface area contributed by atoms with Gasteiger partial charge in [0.25, 0.3) is 0 Å². The first-order valence-corrected chi connectivity index (χ1v) is 12.0. The van der Waals surface area contributed by atoms with Crippen LogP contribution in [0, 0.1) is 58.2 Å². The van der Waals surface area contributed by atoms with Crippen molar-refractivity contribution in [3.05, 3.63) is 11.6 Å². The summed E-state index contributed by atoms with van der Waals surface area (Å²) in [6.45, 7) is 11.8. The molecule has 4 aliphatic rings. The summed E-state index contributed by atoms with van der Waals surface area (Å²) in [5.41, 5.74) is 2.19. The van der Waals surface area contributed by atoms with Gasteiger partial charge in [0, 0.05) is 18.3 Å². The molecule has 0 bridgehead atoms. The van der Waals surface area contributed by atoms with Crippen molar-refractivity contribution in [2.24, 2.45) is 46.3 Å². The highest BCUT2D eigenvalue weighted by atomic mass is 16.1. The van der Waals surface area contributed by atoms with Crippen LogP contribution in [-0.4, -0.2) is 5.78 Å². The van der Waals surface area contributed by atoms with Crippen LogP contribution in [0.2, 0.25) is 0 Å². The second-order valence-electron chi connectivity index (χ2n) is 11.3. The number of fused-ring (bicyclic) bond motifs is 5. The predicted octanol–water partition coefficient (Wildman–Crippen LogP) is 6.82. The number of ketones is 1. The number of hydrogen-bond acceptors (Lipinski definition) is 1. The fraction of sp³-hybridized carbons (Fsp3) is 0.815. The fourth-order valence-electron chi connectivity index (χ4n) is 7.96. The van der Waals surface area contributed by atoms with Crippen LogP contribution in [0.4, 0.5) is 0 Å². The molecule has 3 saturated carbocycles. The molecule has 0 amide bonds. The van der Waals surface area contributed by atoms with Crippen molar-refractivity contribution < 1.29 is 4.79 Å². The van der Waals surface area contributed by atoms with Crippen LogP contribution in [0.15, 0.2) is 11.6 Å². The Morgan fingerprint density at radius 2 is 1.71 bits per heavy atom. The number of carbonyl (C=O) groups is 1. The first-order valence-electron chi connectivity index (χ1n) is 12.0. The maximum absolute atomic E-state index is 13.1. The Hall–Kier alpha value is -1.03. The third-order valence-corrected chi connectivity index (χ3v) is 9.39. The Morgan fingerprint density at radius 1 is 0.964 bits per heavy atom. The highest BCUT2D eigenvalue weighted by molar-refractivity contribution is 5.94. The lowest BCUT2D eigenvalue weighted by Gasteiger charge is -2.56. The van der Waals surface area contributed by atoms with Crippen LogP contribution in [0.3, 0.4) is 0 Å². The summed E-state index contributed by atoms with van der Waals surface area (Å²) in [7, 11) is 0. The van der Waals surface area contributed by atoms with Crippen molar-refractivity contribution in [1.82, 2.24) is 0 Å². The number of hydrogen-bond donors (Lipinski definition) is 0. The molecule has 0 radical (unpaired) electrons. The minimum absolute atomic E-state index is 0.243. The standard InChI is InChI=1S/C27H40O/c1-18(2)9-8-10-19(3)21-12-13-22-20-17-25(28)24-11-6-7-15-26(24,4)23(20)14-16-27(21,22)5/h17-19,21-24H,6-7,10-16H2,1-5H3/t19-,21-,22+,23+,24?,26-,27-/m1/s1. The SMILES string of the molecule is CC(C)C#CC[C@@H](C)[C@H]1CC[C@H]2C3=CC(=O)C4CCCC[C@]4(C)[C@H]3CC[C@]12C. The Kier molecular flexibility index (Phi) is 5.31. The molecule has 0 aromatic carbocycles. The summed E-state index contributed by atoms with van der Waals surface area (Å²) in [6, 6.07) is 0. The summed E-state index contributed by atoms with van der Waals surface area (Å²) in [5.74, 6) is 10.8. The molecule has 7 atom stereocenters. The van der Waals surface area contributed by atoms with E-state index >= 15 is 0 Å². The van der Waals surface area contributed by atoms with Gasteiger partial charge in [0.15, 0.2) is 5.78 Å². The van der Waals surface area contributed by atoms with Gasteiger partial charge in [-0.05, 0) is 79.1 Å². The summed E-state index contributed by atoms with van der Waals surface area (Å²) in [4.78, 5) is 13.1. The lowest BCUT2D eigenvalue weighted by Crippen LogP contribution is -2.51. The van der Waals surface area contributed by atoms with Gasteiger partial charge in [0.05, 0.1) is 0 Å². The fourth-order valence-corrected chi connectivity index (χ4v) is 7.96. The Bertz CT molecular complexity index is 718. The zero-order valence-corrected chi connectivity index (χ0v) is 18.8. The Balaban J connectivity index is 1.59. The molecular formula is C27H40O. The monoisotopic (exact) mass is 380 g/mol. The van der Waals surface area contributed by atoms with E-state index < -0.39 is 0 Å². The molecule has 0 aliphatic heterocycles. The third kappa shape index (κ3) is 3.11. The van der Waals surface area contributed by atoms with Crippen molar-refractivity contribution in [2.75, 3.05) is 0 Å². The maximum Gasteiger partial charge on any atom is 0.159 e. The van der Waals surface area contributed by atoms with Crippen molar-refractivity contribution in [2.45, 2.75) is 92.4 Å². The summed E-state index contributed by atoms with van der Waals surface area (Å²) in [5, 5.41) is 0. The molecule has 154 valence electrons. The van der Waals surface area contributed by atoms with E-state index in [2.05, 4.69) is 52.5 Å². The quantitative estimate of drug-likeness (QED) is 0.480. The van der Waals surface area contributed by atoms with E-state index in [1.54, 1.807) is 5.57 Å². The number of allylic oxidation sites excluding steroid dienone is 2. The second kappa shape index (κ2) is 7.34. The average molecular weight is 381 g/mol. The summed E-state index contributed by atoms with van der Waals surface area (Å²) >= 11 is 0. The van der Waals surface area contributed by atoms with Gasteiger partial charge in [-0.15, -0.1) is 11.8 Å². The number of rotatable bonds is 2. The molecule has 0 saturated heterocycles. The van der Waals surface area contributed by atoms with E-state index in [1.807, 2.05) is 0 Å². The molecule has 0 spiro atoms. The predicted molar refractivity (Wildman–Crippen MR) is 117 cm³/mol. The normalized spacial score (nSPS) is 43.4. The van der Waals surface area contributed by atoms with Gasteiger partial charge in [-0.25, -0.2) is 0 Å². The molecular weight excluding hydrogens is 340 g/mol. The van der Waals surface area contributed by atoms with Crippen molar-refractivity contribution in [1.29, 1.82) is 0 Å². The smallest absolute Gasteiger partial charge is 0.159 e. The Morgan fingerprint density at radius 3 is 2.46 bits per heavy atom. The molecule has 0 heterocycles. The zero-order valence-electron chi connectivity index (χ0n) is 18.8. The topological polar surface area (TPSA) is 17.1 Å². The maximum atomic E-state index is 13.1. The van der Waals surface area contributed by atoms with Crippen LogP contribution in [-0.2, 0) is 4.79 Å². The van der Waals surface area contributed by atoms with Gasteiger partial charge < -0.3 is 0 Å². The Labute approximate surface area is 173 Å². The zero-order chi connectivity index (χ0) is 20.1. The lowest BCUT2D eigenvalue weighted by molar-refractivity contribution is -0.128. The molecule has 1 unspecified atom stereocenters. The van der Waals surface area contributed by atoms with Crippen LogP contribution < -0.4 is 0 Å². The van der Waals surface area contributed by atoms with Gasteiger partial charge in [0.1, 0.15) is 0 Å². The average Bonchev–Trinajstić information content (AvgIpc) is 2.99. The van der Waals surface area contributed by atoms with E-state index in [0.29, 0.717) is 40.8 Å². The molecule has 4 rings (SSSR count).